The van der Waals surface area contributed by atoms with E-state index < -0.39 is 0 Å². The van der Waals surface area contributed by atoms with Crippen LogP contribution in [0.3, 0.4) is 0 Å². The van der Waals surface area contributed by atoms with Crippen LogP contribution in [0.4, 0.5) is 0 Å². The fourth-order valence-electron chi connectivity index (χ4n) is 1.83. The van der Waals surface area contributed by atoms with Crippen molar-refractivity contribution in [1.29, 1.82) is 0 Å². The van der Waals surface area contributed by atoms with E-state index in [0.717, 1.165) is 12.2 Å². The van der Waals surface area contributed by atoms with Gasteiger partial charge in [-0.1, -0.05) is 13.8 Å². The van der Waals surface area contributed by atoms with Crippen LogP contribution in [-0.2, 0) is 6.54 Å². The smallest absolute Gasteiger partial charge is 0.0954 e. The molecule has 1 atom stereocenters. The van der Waals surface area contributed by atoms with Gasteiger partial charge < -0.3 is 9.88 Å². The summed E-state index contributed by atoms with van der Waals surface area (Å²) in [5, 5.41) is 6.64. The minimum absolute atomic E-state index is 0.396. The zero-order chi connectivity index (χ0) is 13.1. The summed E-state index contributed by atoms with van der Waals surface area (Å²) in [7, 11) is 1.98. The molecule has 2 rings (SSSR count). The Morgan fingerprint density at radius 3 is 2.78 bits per heavy atom. The lowest BCUT2D eigenvalue weighted by Gasteiger charge is -2.06. The molecule has 2 aromatic rings. The fraction of sp³-hybridized carbons (Fsp3) is 0.500. The van der Waals surface area contributed by atoms with Gasteiger partial charge in [0.2, 0.25) is 0 Å². The summed E-state index contributed by atoms with van der Waals surface area (Å²) in [6, 6.07) is 2.56. The Morgan fingerprint density at radius 2 is 2.17 bits per heavy atom. The molecule has 0 bridgehead atoms. The zero-order valence-corrected chi connectivity index (χ0v) is 12.3. The average Bonchev–Trinajstić information content (AvgIpc) is 2.98. The molecular weight excluding hydrogens is 242 g/mol. The van der Waals surface area contributed by atoms with E-state index in [9.17, 15) is 0 Å². The first-order valence-corrected chi connectivity index (χ1v) is 7.25. The Labute approximate surface area is 113 Å². The van der Waals surface area contributed by atoms with Crippen LogP contribution in [0.5, 0.6) is 0 Å². The van der Waals surface area contributed by atoms with Crippen molar-refractivity contribution in [2.75, 3.05) is 7.05 Å². The molecule has 4 heteroatoms. The van der Waals surface area contributed by atoms with Gasteiger partial charge in [-0.15, -0.1) is 11.3 Å². The van der Waals surface area contributed by atoms with Crippen LogP contribution in [0.15, 0.2) is 23.8 Å². The fourth-order valence-corrected chi connectivity index (χ4v) is 2.65. The summed E-state index contributed by atoms with van der Waals surface area (Å²) in [5.74, 6) is 0.522. The van der Waals surface area contributed by atoms with Crippen LogP contribution < -0.4 is 5.32 Å². The van der Waals surface area contributed by atoms with E-state index >= 15 is 0 Å². The molecule has 3 nitrogen and oxygen atoms in total. The largest absolute Gasteiger partial charge is 0.348 e. The molecule has 0 aliphatic carbocycles. The van der Waals surface area contributed by atoms with Gasteiger partial charge in [-0.2, -0.15) is 0 Å². The average molecular weight is 263 g/mol. The van der Waals surface area contributed by atoms with Crippen molar-refractivity contribution in [1.82, 2.24) is 14.9 Å². The van der Waals surface area contributed by atoms with Crippen LogP contribution in [0, 0.1) is 0 Å². The van der Waals surface area contributed by atoms with Crippen molar-refractivity contribution in [2.45, 2.75) is 39.3 Å². The molecule has 1 unspecified atom stereocenters. The minimum Gasteiger partial charge on any atom is -0.348 e. The van der Waals surface area contributed by atoms with Gasteiger partial charge in [0, 0.05) is 29.7 Å². The van der Waals surface area contributed by atoms with Crippen LogP contribution >= 0.6 is 11.3 Å². The summed E-state index contributed by atoms with van der Waals surface area (Å²) in [5.41, 5.74) is 2.47. The van der Waals surface area contributed by atoms with Crippen molar-refractivity contribution < 1.29 is 0 Å². The van der Waals surface area contributed by atoms with Gasteiger partial charge >= 0.3 is 0 Å². The molecular formula is C14H21N3S. The first kappa shape index (κ1) is 13.3. The van der Waals surface area contributed by atoms with Crippen LogP contribution in [0.1, 0.15) is 49.0 Å². The van der Waals surface area contributed by atoms with Crippen LogP contribution in [0.2, 0.25) is 0 Å². The molecule has 2 aromatic heterocycles. The second-order valence-corrected chi connectivity index (χ2v) is 5.85. The second kappa shape index (κ2) is 5.67. The molecule has 2 heterocycles. The standard InChI is InChI=1S/C14H21N3S/c1-10(2)14-16-13(9-18-14)8-17-6-5-12(7-17)11(3)15-4/h5-7,9-11,15H,8H2,1-4H3. The van der Waals surface area contributed by atoms with Crippen LogP contribution in [-0.4, -0.2) is 16.6 Å². The lowest BCUT2D eigenvalue weighted by Crippen LogP contribution is -2.11. The minimum atomic E-state index is 0.396. The van der Waals surface area contributed by atoms with Crippen LogP contribution in [0.25, 0.3) is 0 Å². The van der Waals surface area contributed by atoms with Crippen molar-refractivity contribution in [3.05, 3.63) is 40.1 Å². The quantitative estimate of drug-likeness (QED) is 0.896. The van der Waals surface area contributed by atoms with Gasteiger partial charge in [-0.25, -0.2) is 4.98 Å². The lowest BCUT2D eigenvalue weighted by molar-refractivity contribution is 0.648. The molecule has 0 saturated carbocycles. The molecule has 1 N–H and O–H groups in total. The first-order chi connectivity index (χ1) is 8.60. The highest BCUT2D eigenvalue weighted by atomic mass is 32.1. The highest BCUT2D eigenvalue weighted by Crippen LogP contribution is 2.20. The number of hydrogen-bond donors (Lipinski definition) is 1. The van der Waals surface area contributed by atoms with Gasteiger partial charge in [0.15, 0.2) is 0 Å². The summed E-state index contributed by atoms with van der Waals surface area (Å²) in [6.45, 7) is 7.40. The van der Waals surface area contributed by atoms with Gasteiger partial charge in [0.1, 0.15) is 0 Å². The highest BCUT2D eigenvalue weighted by Gasteiger charge is 2.08. The van der Waals surface area contributed by atoms with E-state index in [4.69, 9.17) is 0 Å². The predicted molar refractivity (Wildman–Crippen MR) is 77.2 cm³/mol. The molecule has 0 fully saturated rings. The summed E-state index contributed by atoms with van der Waals surface area (Å²) < 4.78 is 2.20. The third-order valence-electron chi connectivity index (χ3n) is 3.11. The maximum absolute atomic E-state index is 4.66. The van der Waals surface area contributed by atoms with E-state index in [0.29, 0.717) is 12.0 Å². The van der Waals surface area contributed by atoms with Crippen molar-refractivity contribution in [2.24, 2.45) is 0 Å². The monoisotopic (exact) mass is 263 g/mol. The summed E-state index contributed by atoms with van der Waals surface area (Å²) >= 11 is 1.76. The Balaban J connectivity index is 2.06. The molecule has 0 saturated heterocycles. The number of rotatable bonds is 5. The van der Waals surface area contributed by atoms with Crippen molar-refractivity contribution in [3.8, 4) is 0 Å². The summed E-state index contributed by atoms with van der Waals surface area (Å²) in [6.07, 6.45) is 4.31. The molecule has 0 aromatic carbocycles. The van der Waals surface area contributed by atoms with Gasteiger partial charge in [0.25, 0.3) is 0 Å². The van der Waals surface area contributed by atoms with E-state index in [2.05, 4.69) is 59.5 Å². The molecule has 98 valence electrons. The number of nitrogens with zero attached hydrogens (tertiary/aromatic N) is 2. The SMILES string of the molecule is CNC(C)c1ccn(Cc2csc(C(C)C)n2)c1. The van der Waals surface area contributed by atoms with Crippen molar-refractivity contribution in [3.63, 3.8) is 0 Å². The normalized spacial score (nSPS) is 13.2. The lowest BCUT2D eigenvalue weighted by atomic mass is 10.2. The molecule has 0 spiro atoms. The maximum atomic E-state index is 4.66. The van der Waals surface area contributed by atoms with Crippen molar-refractivity contribution >= 4 is 11.3 Å². The molecule has 0 radical (unpaired) electrons. The zero-order valence-electron chi connectivity index (χ0n) is 11.5. The highest BCUT2D eigenvalue weighted by molar-refractivity contribution is 7.09. The number of aromatic nitrogens is 2. The molecule has 0 amide bonds. The van der Waals surface area contributed by atoms with Gasteiger partial charge in [-0.05, 0) is 25.6 Å². The Hall–Kier alpha value is -1.13. The topological polar surface area (TPSA) is 29.9 Å². The maximum Gasteiger partial charge on any atom is 0.0954 e. The van der Waals surface area contributed by atoms with E-state index in [1.807, 2.05) is 7.05 Å². The second-order valence-electron chi connectivity index (χ2n) is 4.96. The van der Waals surface area contributed by atoms with Gasteiger partial charge in [-0.3, -0.25) is 0 Å². The Bertz CT molecular complexity index is 499. The Morgan fingerprint density at radius 1 is 1.39 bits per heavy atom. The molecule has 0 aliphatic heterocycles. The third-order valence-corrected chi connectivity index (χ3v) is 4.31. The predicted octanol–water partition coefficient (Wildman–Crippen LogP) is 3.40. The summed E-state index contributed by atoms with van der Waals surface area (Å²) in [4.78, 5) is 4.66. The first-order valence-electron chi connectivity index (χ1n) is 6.37. The number of nitrogens with one attached hydrogen (secondary N) is 1. The molecule has 0 aliphatic rings. The number of thiazole rings is 1. The van der Waals surface area contributed by atoms with E-state index in [-0.39, 0.29) is 0 Å². The number of hydrogen-bond acceptors (Lipinski definition) is 3. The Kier molecular flexibility index (Phi) is 4.19. The molecule has 18 heavy (non-hydrogen) atoms. The van der Waals surface area contributed by atoms with E-state index in [1.165, 1.54) is 10.6 Å². The van der Waals surface area contributed by atoms with E-state index in [1.54, 1.807) is 11.3 Å². The third kappa shape index (κ3) is 3.00. The van der Waals surface area contributed by atoms with Gasteiger partial charge in [0.05, 0.1) is 17.2 Å².